The molecule has 1 fully saturated rings. The van der Waals surface area contributed by atoms with E-state index >= 15 is 0 Å². The van der Waals surface area contributed by atoms with E-state index in [1.807, 2.05) is 0 Å². The van der Waals surface area contributed by atoms with Gasteiger partial charge in [0.15, 0.2) is 5.75 Å². The van der Waals surface area contributed by atoms with E-state index < -0.39 is 22.5 Å². The molecule has 116 valence electrons. The Morgan fingerprint density at radius 2 is 2.14 bits per heavy atom. The molecule has 0 unspecified atom stereocenters. The molecule has 1 aliphatic rings. The Balaban J connectivity index is 2.54. The molecule has 1 saturated carbocycles. The highest BCUT2D eigenvalue weighted by Crippen LogP contribution is 2.39. The lowest BCUT2D eigenvalue weighted by atomic mass is 10.3. The van der Waals surface area contributed by atoms with Crippen LogP contribution >= 0.6 is 27.5 Å². The second-order valence-electron chi connectivity index (χ2n) is 4.59. The van der Waals surface area contributed by atoms with E-state index in [1.54, 1.807) is 0 Å². The van der Waals surface area contributed by atoms with E-state index in [9.17, 15) is 13.2 Å². The SMILES string of the molecule is COc1c(Br)cc(Cl)cc1S(=O)(=O)N(CC(=O)O)C1CC1. The highest BCUT2D eigenvalue weighted by molar-refractivity contribution is 9.10. The van der Waals surface area contributed by atoms with E-state index in [0.717, 1.165) is 4.31 Å². The molecule has 1 aliphatic carbocycles. The van der Waals surface area contributed by atoms with Gasteiger partial charge in [0, 0.05) is 11.1 Å². The Morgan fingerprint density at radius 1 is 1.52 bits per heavy atom. The van der Waals surface area contributed by atoms with E-state index in [-0.39, 0.29) is 21.7 Å². The first-order chi connectivity index (χ1) is 9.77. The molecule has 6 nitrogen and oxygen atoms in total. The van der Waals surface area contributed by atoms with E-state index in [4.69, 9.17) is 21.4 Å². The van der Waals surface area contributed by atoms with Crippen molar-refractivity contribution in [3.8, 4) is 5.75 Å². The number of aliphatic carboxylic acids is 1. The quantitative estimate of drug-likeness (QED) is 0.795. The van der Waals surface area contributed by atoms with Gasteiger partial charge >= 0.3 is 5.97 Å². The van der Waals surface area contributed by atoms with Crippen LogP contribution in [0.5, 0.6) is 5.75 Å². The normalized spacial score (nSPS) is 15.2. The minimum atomic E-state index is -4.01. The van der Waals surface area contributed by atoms with Crippen LogP contribution in [0.25, 0.3) is 0 Å². The number of benzene rings is 1. The van der Waals surface area contributed by atoms with Gasteiger partial charge in [-0.25, -0.2) is 8.42 Å². The lowest BCUT2D eigenvalue weighted by Crippen LogP contribution is -2.37. The number of carbonyl (C=O) groups is 1. The van der Waals surface area contributed by atoms with Crippen molar-refractivity contribution in [2.75, 3.05) is 13.7 Å². The van der Waals surface area contributed by atoms with Gasteiger partial charge in [-0.05, 0) is 40.9 Å². The number of ether oxygens (including phenoxy) is 1. The lowest BCUT2D eigenvalue weighted by Gasteiger charge is -2.21. The van der Waals surface area contributed by atoms with Gasteiger partial charge in [0.1, 0.15) is 11.4 Å². The molecule has 0 radical (unpaired) electrons. The summed E-state index contributed by atoms with van der Waals surface area (Å²) < 4.78 is 32.0. The van der Waals surface area contributed by atoms with Crippen LogP contribution in [-0.4, -0.2) is 43.5 Å². The number of halogens is 2. The number of carboxylic acids is 1. The van der Waals surface area contributed by atoms with Gasteiger partial charge in [0.25, 0.3) is 0 Å². The molecule has 1 aromatic rings. The molecule has 0 atom stereocenters. The third-order valence-corrected chi connectivity index (χ3v) is 5.72. The van der Waals surface area contributed by atoms with Gasteiger partial charge in [-0.1, -0.05) is 11.6 Å². The summed E-state index contributed by atoms with van der Waals surface area (Å²) in [4.78, 5) is 10.8. The topological polar surface area (TPSA) is 83.9 Å². The maximum atomic E-state index is 12.7. The average Bonchev–Trinajstić information content (AvgIpc) is 3.18. The minimum absolute atomic E-state index is 0.107. The van der Waals surface area contributed by atoms with Crippen molar-refractivity contribution in [1.82, 2.24) is 4.31 Å². The number of hydrogen-bond acceptors (Lipinski definition) is 4. The first-order valence-corrected chi connectivity index (χ1v) is 8.65. The number of carboxylic acid groups (broad SMARTS) is 1. The zero-order valence-electron chi connectivity index (χ0n) is 11.0. The zero-order chi connectivity index (χ0) is 15.8. The van der Waals surface area contributed by atoms with Crippen molar-refractivity contribution in [3.05, 3.63) is 21.6 Å². The van der Waals surface area contributed by atoms with Gasteiger partial charge in [0.2, 0.25) is 10.0 Å². The van der Waals surface area contributed by atoms with Gasteiger partial charge in [-0.2, -0.15) is 4.31 Å². The average molecular weight is 399 g/mol. The number of rotatable bonds is 6. The molecular formula is C12H13BrClNO5S. The molecule has 0 aromatic heterocycles. The number of nitrogens with zero attached hydrogens (tertiary/aromatic N) is 1. The molecule has 0 aliphatic heterocycles. The fourth-order valence-electron chi connectivity index (χ4n) is 1.96. The van der Waals surface area contributed by atoms with Crippen LogP contribution in [0.4, 0.5) is 0 Å². The summed E-state index contributed by atoms with van der Waals surface area (Å²) in [6, 6.07) is 2.49. The van der Waals surface area contributed by atoms with Crippen molar-refractivity contribution in [2.24, 2.45) is 0 Å². The molecule has 0 bridgehead atoms. The van der Waals surface area contributed by atoms with Crippen molar-refractivity contribution in [2.45, 2.75) is 23.8 Å². The molecule has 9 heteroatoms. The molecular weight excluding hydrogens is 386 g/mol. The van der Waals surface area contributed by atoms with Crippen molar-refractivity contribution in [1.29, 1.82) is 0 Å². The van der Waals surface area contributed by atoms with E-state index in [0.29, 0.717) is 17.3 Å². The maximum Gasteiger partial charge on any atom is 0.318 e. The van der Waals surface area contributed by atoms with Crippen LogP contribution in [-0.2, 0) is 14.8 Å². The predicted molar refractivity (Wildman–Crippen MR) is 80.3 cm³/mol. The summed E-state index contributed by atoms with van der Waals surface area (Å²) in [5.74, 6) is -1.10. The van der Waals surface area contributed by atoms with Gasteiger partial charge in [0.05, 0.1) is 11.6 Å². The summed E-state index contributed by atoms with van der Waals surface area (Å²) in [5, 5.41) is 9.15. The summed E-state index contributed by atoms with van der Waals surface area (Å²) in [5.41, 5.74) is 0. The minimum Gasteiger partial charge on any atom is -0.494 e. The van der Waals surface area contributed by atoms with Crippen LogP contribution in [0, 0.1) is 0 Å². The van der Waals surface area contributed by atoms with E-state index in [2.05, 4.69) is 15.9 Å². The summed E-state index contributed by atoms with van der Waals surface area (Å²) in [7, 11) is -2.67. The van der Waals surface area contributed by atoms with Gasteiger partial charge in [-0.15, -0.1) is 0 Å². The number of methoxy groups -OCH3 is 1. The van der Waals surface area contributed by atoms with Crippen LogP contribution in [0.2, 0.25) is 5.02 Å². The second-order valence-corrected chi connectivity index (χ2v) is 7.74. The standard InChI is InChI=1S/C12H13BrClNO5S/c1-20-12-9(13)4-7(14)5-10(12)21(18,19)15(6-11(16)17)8-2-3-8/h4-5,8H,2-3,6H2,1H3,(H,16,17). The number of hydrogen-bond donors (Lipinski definition) is 1. The Kier molecular flexibility index (Phi) is 4.82. The smallest absolute Gasteiger partial charge is 0.318 e. The van der Waals surface area contributed by atoms with Gasteiger partial charge < -0.3 is 9.84 Å². The Bertz CT molecular complexity index is 674. The first kappa shape index (κ1) is 16.5. The van der Waals surface area contributed by atoms with Crippen molar-refractivity contribution in [3.63, 3.8) is 0 Å². The zero-order valence-corrected chi connectivity index (χ0v) is 14.2. The molecule has 0 heterocycles. The maximum absolute atomic E-state index is 12.7. The summed E-state index contributed by atoms with van der Waals surface area (Å²) in [6.07, 6.45) is 1.30. The molecule has 21 heavy (non-hydrogen) atoms. The highest BCUT2D eigenvalue weighted by Gasteiger charge is 2.41. The molecule has 1 N–H and O–H groups in total. The number of sulfonamides is 1. The summed E-state index contributed by atoms with van der Waals surface area (Å²) in [6.45, 7) is -0.583. The molecule has 2 rings (SSSR count). The second kappa shape index (κ2) is 6.12. The van der Waals surface area contributed by atoms with E-state index in [1.165, 1.54) is 19.2 Å². The first-order valence-electron chi connectivity index (χ1n) is 6.04. The Hall–Kier alpha value is -0.830. The summed E-state index contributed by atoms with van der Waals surface area (Å²) >= 11 is 9.10. The van der Waals surface area contributed by atoms with Crippen molar-refractivity contribution < 1.29 is 23.1 Å². The van der Waals surface area contributed by atoms with Crippen molar-refractivity contribution >= 4 is 43.5 Å². The molecule has 1 aromatic carbocycles. The Labute approximate surface area is 135 Å². The van der Waals surface area contributed by atoms with Crippen LogP contribution in [0.3, 0.4) is 0 Å². The largest absolute Gasteiger partial charge is 0.494 e. The third-order valence-electron chi connectivity index (χ3n) is 3.01. The monoisotopic (exact) mass is 397 g/mol. The molecule has 0 saturated heterocycles. The van der Waals surface area contributed by atoms with Crippen LogP contribution < -0.4 is 4.74 Å². The fraction of sp³-hybridized carbons (Fsp3) is 0.417. The van der Waals surface area contributed by atoms with Crippen LogP contribution in [0.1, 0.15) is 12.8 Å². The Morgan fingerprint density at radius 3 is 2.62 bits per heavy atom. The van der Waals surface area contributed by atoms with Crippen LogP contribution in [0.15, 0.2) is 21.5 Å². The molecule has 0 spiro atoms. The highest BCUT2D eigenvalue weighted by atomic mass is 79.9. The van der Waals surface area contributed by atoms with Gasteiger partial charge in [-0.3, -0.25) is 4.79 Å². The third kappa shape index (κ3) is 3.50. The molecule has 0 amide bonds. The fourth-order valence-corrected chi connectivity index (χ4v) is 4.97. The lowest BCUT2D eigenvalue weighted by molar-refractivity contribution is -0.137. The predicted octanol–water partition coefficient (Wildman–Crippen LogP) is 2.35.